The number of carbonyl (C=O) groups is 1. The number of carbonyl (C=O) groups excluding carboxylic acids is 1. The minimum atomic E-state index is 0.107. The summed E-state index contributed by atoms with van der Waals surface area (Å²) in [4.78, 5) is 13.8. The first-order valence-corrected chi connectivity index (χ1v) is 7.82. The van der Waals surface area contributed by atoms with Crippen molar-refractivity contribution in [3.05, 3.63) is 23.3 Å². The molecule has 0 amide bonds. The third kappa shape index (κ3) is 2.66. The van der Waals surface area contributed by atoms with Gasteiger partial charge in [-0.05, 0) is 51.2 Å². The Morgan fingerprint density at radius 3 is 2.67 bits per heavy atom. The molecular formula is C18H27NO2. The second-order valence-electron chi connectivity index (χ2n) is 6.82. The third-order valence-corrected chi connectivity index (χ3v) is 4.79. The van der Waals surface area contributed by atoms with Crippen LogP contribution in [-0.4, -0.2) is 25.0 Å². The summed E-state index contributed by atoms with van der Waals surface area (Å²) in [5.41, 5.74) is 3.23. The number of nitrogens with zero attached hydrogens (tertiary/aromatic N) is 1. The molecule has 0 saturated carbocycles. The van der Waals surface area contributed by atoms with E-state index in [4.69, 9.17) is 4.74 Å². The van der Waals surface area contributed by atoms with Crippen molar-refractivity contribution in [3.8, 4) is 5.75 Å². The number of hydrogen-bond donors (Lipinski definition) is 0. The van der Waals surface area contributed by atoms with Crippen LogP contribution in [0.4, 0.5) is 5.69 Å². The van der Waals surface area contributed by atoms with Crippen LogP contribution < -0.4 is 9.64 Å². The molecule has 0 saturated heterocycles. The lowest BCUT2D eigenvalue weighted by Gasteiger charge is -2.50. The van der Waals surface area contributed by atoms with E-state index in [9.17, 15) is 4.79 Å². The molecule has 0 aromatic heterocycles. The number of rotatable bonds is 4. The second-order valence-corrected chi connectivity index (χ2v) is 6.82. The molecule has 21 heavy (non-hydrogen) atoms. The Morgan fingerprint density at radius 1 is 1.48 bits per heavy atom. The molecule has 3 nitrogen and oxygen atoms in total. The van der Waals surface area contributed by atoms with Gasteiger partial charge in [0.05, 0.1) is 12.7 Å². The Morgan fingerprint density at radius 2 is 2.14 bits per heavy atom. The molecule has 2 atom stereocenters. The van der Waals surface area contributed by atoms with Crippen molar-refractivity contribution in [1.82, 2.24) is 0 Å². The molecule has 0 N–H and O–H groups in total. The Balaban J connectivity index is 2.66. The fourth-order valence-corrected chi connectivity index (χ4v) is 3.78. The van der Waals surface area contributed by atoms with Gasteiger partial charge >= 0.3 is 0 Å². The molecule has 0 spiro atoms. The fraction of sp³-hybridized carbons (Fsp3) is 0.611. The Bertz CT molecular complexity index is 536. The van der Waals surface area contributed by atoms with E-state index >= 15 is 0 Å². The van der Waals surface area contributed by atoms with Crippen LogP contribution in [0.15, 0.2) is 12.1 Å². The van der Waals surface area contributed by atoms with Crippen molar-refractivity contribution in [2.24, 2.45) is 0 Å². The van der Waals surface area contributed by atoms with Gasteiger partial charge in [-0.2, -0.15) is 0 Å². The summed E-state index contributed by atoms with van der Waals surface area (Å²) in [6, 6.07) is 4.51. The molecule has 1 aromatic carbocycles. The maximum atomic E-state index is 11.3. The summed E-state index contributed by atoms with van der Waals surface area (Å²) in [6.07, 6.45) is 3.07. The van der Waals surface area contributed by atoms with Gasteiger partial charge < -0.3 is 9.64 Å². The van der Waals surface area contributed by atoms with Crippen molar-refractivity contribution >= 4 is 12.0 Å². The molecule has 0 unspecified atom stereocenters. The average Bonchev–Trinajstić information content (AvgIpc) is 2.44. The van der Waals surface area contributed by atoms with E-state index in [2.05, 4.69) is 39.5 Å². The highest BCUT2D eigenvalue weighted by molar-refractivity contribution is 5.82. The third-order valence-electron chi connectivity index (χ3n) is 4.79. The van der Waals surface area contributed by atoms with Gasteiger partial charge in [0.1, 0.15) is 5.75 Å². The van der Waals surface area contributed by atoms with Crippen molar-refractivity contribution < 1.29 is 9.53 Å². The van der Waals surface area contributed by atoms with E-state index in [1.54, 1.807) is 7.11 Å². The van der Waals surface area contributed by atoms with Crippen LogP contribution in [0.1, 0.15) is 69.3 Å². The zero-order valence-electron chi connectivity index (χ0n) is 14.1. The summed E-state index contributed by atoms with van der Waals surface area (Å²) in [5, 5.41) is 0. The first kappa shape index (κ1) is 15.9. The van der Waals surface area contributed by atoms with Crippen LogP contribution in [-0.2, 0) is 0 Å². The standard InChI is InChI=1S/C18H27NO2/c1-7-13(3)19-16-9-17(21-6)14(11-20)8-15(16)12(2)10-18(19,4)5/h8-9,11-13H,7,10H2,1-6H3/t12-,13+/m1/s1. The van der Waals surface area contributed by atoms with Gasteiger partial charge in [0.25, 0.3) is 0 Å². The van der Waals surface area contributed by atoms with E-state index < -0.39 is 0 Å². The van der Waals surface area contributed by atoms with Gasteiger partial charge in [0.2, 0.25) is 0 Å². The first-order valence-electron chi connectivity index (χ1n) is 7.82. The predicted octanol–water partition coefficient (Wildman–Crippen LogP) is 4.40. The SMILES string of the molecule is CC[C@H](C)N1c2cc(OC)c(C=O)cc2[C@H](C)CC1(C)C. The molecule has 0 bridgehead atoms. The molecule has 1 heterocycles. The molecule has 1 aromatic rings. The zero-order valence-corrected chi connectivity index (χ0v) is 14.1. The number of ether oxygens (including phenoxy) is 1. The quantitative estimate of drug-likeness (QED) is 0.769. The van der Waals surface area contributed by atoms with E-state index in [1.807, 2.05) is 12.1 Å². The fourth-order valence-electron chi connectivity index (χ4n) is 3.78. The van der Waals surface area contributed by atoms with Gasteiger partial charge in [-0.15, -0.1) is 0 Å². The maximum absolute atomic E-state index is 11.3. The topological polar surface area (TPSA) is 29.5 Å². The number of fused-ring (bicyclic) bond motifs is 1. The molecule has 0 fully saturated rings. The molecule has 3 heteroatoms. The number of benzene rings is 1. The summed E-state index contributed by atoms with van der Waals surface area (Å²) in [5.74, 6) is 1.11. The molecule has 0 aliphatic carbocycles. The number of anilines is 1. The van der Waals surface area contributed by atoms with Gasteiger partial charge in [0, 0.05) is 23.3 Å². The maximum Gasteiger partial charge on any atom is 0.153 e. The first-order chi connectivity index (χ1) is 9.85. The van der Waals surface area contributed by atoms with Gasteiger partial charge in [-0.3, -0.25) is 4.79 Å². The van der Waals surface area contributed by atoms with E-state index in [0.29, 0.717) is 23.3 Å². The van der Waals surface area contributed by atoms with E-state index in [1.165, 1.54) is 11.3 Å². The predicted molar refractivity (Wildman–Crippen MR) is 87.7 cm³/mol. The van der Waals surface area contributed by atoms with Crippen LogP contribution in [0.25, 0.3) is 0 Å². The summed E-state index contributed by atoms with van der Waals surface area (Å²) in [7, 11) is 1.62. The highest BCUT2D eigenvalue weighted by Gasteiger charge is 2.38. The second kappa shape index (κ2) is 5.70. The lowest BCUT2D eigenvalue weighted by molar-refractivity contribution is 0.112. The van der Waals surface area contributed by atoms with Crippen LogP contribution in [0.5, 0.6) is 5.75 Å². The van der Waals surface area contributed by atoms with E-state index in [0.717, 1.165) is 19.1 Å². The van der Waals surface area contributed by atoms with Crippen LogP contribution in [0.3, 0.4) is 0 Å². The molecule has 0 radical (unpaired) electrons. The Hall–Kier alpha value is -1.51. The Labute approximate surface area is 128 Å². The summed E-state index contributed by atoms with van der Waals surface area (Å²) < 4.78 is 5.41. The van der Waals surface area contributed by atoms with Gasteiger partial charge in [0.15, 0.2) is 6.29 Å². The highest BCUT2D eigenvalue weighted by Crippen LogP contribution is 2.46. The van der Waals surface area contributed by atoms with Crippen molar-refractivity contribution in [1.29, 1.82) is 0 Å². The Kier molecular flexibility index (Phi) is 4.31. The normalized spacial score (nSPS) is 21.6. The largest absolute Gasteiger partial charge is 0.496 e. The van der Waals surface area contributed by atoms with Gasteiger partial charge in [-0.1, -0.05) is 13.8 Å². The zero-order chi connectivity index (χ0) is 15.8. The number of methoxy groups -OCH3 is 1. The van der Waals surface area contributed by atoms with Gasteiger partial charge in [-0.25, -0.2) is 0 Å². The lowest BCUT2D eigenvalue weighted by Crippen LogP contribution is -2.52. The molecule has 1 aliphatic rings. The summed E-state index contributed by atoms with van der Waals surface area (Å²) >= 11 is 0. The van der Waals surface area contributed by atoms with Crippen molar-refractivity contribution in [2.45, 2.75) is 65.0 Å². The molecule has 2 rings (SSSR count). The number of hydrogen-bond acceptors (Lipinski definition) is 3. The smallest absolute Gasteiger partial charge is 0.153 e. The van der Waals surface area contributed by atoms with E-state index in [-0.39, 0.29) is 5.54 Å². The molecular weight excluding hydrogens is 262 g/mol. The average molecular weight is 289 g/mol. The lowest BCUT2D eigenvalue weighted by atomic mass is 9.78. The molecule has 1 aliphatic heterocycles. The minimum Gasteiger partial charge on any atom is -0.496 e. The van der Waals surface area contributed by atoms with Crippen molar-refractivity contribution in [2.75, 3.05) is 12.0 Å². The van der Waals surface area contributed by atoms with Crippen LogP contribution >= 0.6 is 0 Å². The van der Waals surface area contributed by atoms with Crippen LogP contribution in [0.2, 0.25) is 0 Å². The molecule has 116 valence electrons. The van der Waals surface area contributed by atoms with Crippen molar-refractivity contribution in [3.63, 3.8) is 0 Å². The highest BCUT2D eigenvalue weighted by atomic mass is 16.5. The minimum absolute atomic E-state index is 0.107. The van der Waals surface area contributed by atoms with Crippen LogP contribution in [0, 0.1) is 0 Å². The summed E-state index contributed by atoms with van der Waals surface area (Å²) in [6.45, 7) is 11.3. The monoisotopic (exact) mass is 289 g/mol. The number of aldehydes is 1.